The van der Waals surface area contributed by atoms with Crippen molar-refractivity contribution in [2.75, 3.05) is 19.6 Å². The van der Waals surface area contributed by atoms with Crippen LogP contribution in [0.5, 0.6) is 0 Å². The average molecular weight is 392 g/mol. The summed E-state index contributed by atoms with van der Waals surface area (Å²) in [4.78, 5) is 15.5. The average Bonchev–Trinajstić information content (AvgIpc) is 3.39. The number of aromatic nitrogens is 3. The Morgan fingerprint density at radius 3 is 2.66 bits per heavy atom. The Hall–Kier alpha value is -2.86. The first-order valence-electron chi connectivity index (χ1n) is 10.4. The zero-order valence-electron chi connectivity index (χ0n) is 17.2. The number of nitrogens with one attached hydrogen (secondary N) is 1. The number of benzene rings is 1. The molecule has 1 aromatic carbocycles. The summed E-state index contributed by atoms with van der Waals surface area (Å²) in [6.45, 7) is 6.98. The molecule has 6 nitrogen and oxygen atoms in total. The van der Waals surface area contributed by atoms with Crippen LogP contribution in [0.2, 0.25) is 0 Å². The van der Waals surface area contributed by atoms with Crippen LogP contribution in [-0.2, 0) is 0 Å². The van der Waals surface area contributed by atoms with Crippen LogP contribution in [-0.4, -0.2) is 50.8 Å². The second-order valence-electron chi connectivity index (χ2n) is 7.86. The van der Waals surface area contributed by atoms with Crippen molar-refractivity contribution in [2.45, 2.75) is 39.2 Å². The van der Waals surface area contributed by atoms with Crippen LogP contribution in [0.3, 0.4) is 0 Å². The number of piperidine rings is 1. The van der Waals surface area contributed by atoms with Gasteiger partial charge in [-0.3, -0.25) is 9.69 Å². The second-order valence-corrected chi connectivity index (χ2v) is 7.86. The van der Waals surface area contributed by atoms with Crippen LogP contribution in [0, 0.1) is 6.92 Å². The lowest BCUT2D eigenvalue weighted by Crippen LogP contribution is -2.42. The fraction of sp³-hybridized carbons (Fsp3) is 0.391. The topological polar surface area (TPSA) is 55.1 Å². The maximum Gasteiger partial charge on any atom is 0.256 e. The number of aryl methyl sites for hydroxylation is 1. The Morgan fingerprint density at radius 2 is 1.93 bits per heavy atom. The number of amides is 1. The molecule has 3 heterocycles. The van der Waals surface area contributed by atoms with Gasteiger partial charge in [0.15, 0.2) is 5.82 Å². The summed E-state index contributed by atoms with van der Waals surface area (Å²) in [6.07, 6.45) is 9.34. The van der Waals surface area contributed by atoms with Gasteiger partial charge in [-0.15, -0.1) is 0 Å². The Labute approximate surface area is 172 Å². The number of carbonyl (C=O) groups excluding carboxylic acids is 1. The number of hydrogen-bond donors (Lipinski definition) is 1. The van der Waals surface area contributed by atoms with Crippen molar-refractivity contribution in [3.63, 3.8) is 0 Å². The molecule has 0 saturated carbocycles. The minimum absolute atomic E-state index is 0.0864. The highest BCUT2D eigenvalue weighted by Crippen LogP contribution is 2.20. The van der Waals surface area contributed by atoms with Crippen molar-refractivity contribution in [1.29, 1.82) is 0 Å². The highest BCUT2D eigenvalue weighted by Gasteiger charge is 2.21. The van der Waals surface area contributed by atoms with E-state index in [0.717, 1.165) is 24.6 Å². The van der Waals surface area contributed by atoms with Crippen LogP contribution < -0.4 is 5.32 Å². The molecule has 29 heavy (non-hydrogen) atoms. The van der Waals surface area contributed by atoms with E-state index < -0.39 is 0 Å². The van der Waals surface area contributed by atoms with Gasteiger partial charge in [0, 0.05) is 31.5 Å². The van der Waals surface area contributed by atoms with E-state index in [0.29, 0.717) is 18.2 Å². The molecular weight excluding hydrogens is 362 g/mol. The molecule has 1 aliphatic heterocycles. The van der Waals surface area contributed by atoms with Gasteiger partial charge in [-0.2, -0.15) is 5.10 Å². The molecule has 1 N–H and O–H groups in total. The Morgan fingerprint density at radius 1 is 1.17 bits per heavy atom. The van der Waals surface area contributed by atoms with Crippen LogP contribution in [0.15, 0.2) is 55.0 Å². The van der Waals surface area contributed by atoms with Gasteiger partial charge in [0.1, 0.15) is 5.56 Å². The summed E-state index contributed by atoms with van der Waals surface area (Å²) in [6, 6.07) is 12.6. The molecule has 4 rings (SSSR count). The van der Waals surface area contributed by atoms with E-state index in [9.17, 15) is 4.79 Å². The summed E-state index contributed by atoms with van der Waals surface area (Å²) < 4.78 is 3.76. The molecule has 1 amide bonds. The Balaban J connectivity index is 1.53. The van der Waals surface area contributed by atoms with Gasteiger partial charge < -0.3 is 9.88 Å². The fourth-order valence-corrected chi connectivity index (χ4v) is 4.00. The Kier molecular flexibility index (Phi) is 5.81. The maximum atomic E-state index is 13.0. The van der Waals surface area contributed by atoms with Crippen LogP contribution in [0.1, 0.15) is 42.1 Å². The van der Waals surface area contributed by atoms with Gasteiger partial charge in [-0.05, 0) is 57.5 Å². The number of likely N-dealkylation sites (tertiary alicyclic amines) is 1. The normalized spacial score (nSPS) is 17.4. The fourth-order valence-electron chi connectivity index (χ4n) is 4.00. The number of rotatable bonds is 6. The second kappa shape index (κ2) is 8.66. The summed E-state index contributed by atoms with van der Waals surface area (Å²) in [7, 11) is 0. The smallest absolute Gasteiger partial charge is 0.256 e. The molecule has 0 bridgehead atoms. The third-order valence-corrected chi connectivity index (χ3v) is 5.74. The van der Waals surface area contributed by atoms with Crippen molar-refractivity contribution >= 4 is 5.91 Å². The Bertz CT molecular complexity index is 942. The van der Waals surface area contributed by atoms with Gasteiger partial charge >= 0.3 is 0 Å². The molecule has 0 spiro atoms. The van der Waals surface area contributed by atoms with Crippen molar-refractivity contribution in [3.05, 3.63) is 66.1 Å². The molecular formula is C23H29N5O. The minimum atomic E-state index is -0.0864. The molecule has 1 unspecified atom stereocenters. The number of carbonyl (C=O) groups is 1. The van der Waals surface area contributed by atoms with Crippen molar-refractivity contribution in [3.8, 4) is 11.5 Å². The van der Waals surface area contributed by atoms with E-state index in [2.05, 4.69) is 41.3 Å². The SMILES string of the molecule is Cc1ccc(-n2ncc(C(=O)NCCN3CCCCC3C)c2-n2cccc2)cc1. The lowest BCUT2D eigenvalue weighted by molar-refractivity contribution is 0.0938. The lowest BCUT2D eigenvalue weighted by atomic mass is 10.0. The van der Waals surface area contributed by atoms with Gasteiger partial charge in [-0.1, -0.05) is 24.1 Å². The predicted molar refractivity (Wildman–Crippen MR) is 115 cm³/mol. The van der Waals surface area contributed by atoms with E-state index in [1.165, 1.54) is 24.8 Å². The molecule has 1 aliphatic rings. The third kappa shape index (κ3) is 4.27. The van der Waals surface area contributed by atoms with Gasteiger partial charge in [0.25, 0.3) is 5.91 Å². The number of nitrogens with zero attached hydrogens (tertiary/aromatic N) is 4. The lowest BCUT2D eigenvalue weighted by Gasteiger charge is -2.33. The maximum absolute atomic E-state index is 13.0. The van der Waals surface area contributed by atoms with E-state index in [4.69, 9.17) is 0 Å². The molecule has 1 saturated heterocycles. The monoisotopic (exact) mass is 391 g/mol. The first-order valence-corrected chi connectivity index (χ1v) is 10.4. The van der Waals surface area contributed by atoms with E-state index in [1.54, 1.807) is 6.20 Å². The summed E-state index contributed by atoms with van der Waals surface area (Å²) >= 11 is 0. The van der Waals surface area contributed by atoms with Gasteiger partial charge in [0.05, 0.1) is 11.9 Å². The largest absolute Gasteiger partial charge is 0.351 e. The quantitative estimate of drug-likeness (QED) is 0.699. The predicted octanol–water partition coefficient (Wildman–Crippen LogP) is 3.58. The van der Waals surface area contributed by atoms with Gasteiger partial charge in [0.2, 0.25) is 0 Å². The minimum Gasteiger partial charge on any atom is -0.351 e. The molecule has 0 radical (unpaired) electrons. The molecule has 1 atom stereocenters. The number of hydrogen-bond acceptors (Lipinski definition) is 3. The highest BCUT2D eigenvalue weighted by molar-refractivity contribution is 5.97. The third-order valence-electron chi connectivity index (χ3n) is 5.74. The molecule has 6 heteroatoms. The zero-order valence-corrected chi connectivity index (χ0v) is 17.2. The van der Waals surface area contributed by atoms with Crippen molar-refractivity contribution in [2.24, 2.45) is 0 Å². The van der Waals surface area contributed by atoms with E-state index in [1.807, 2.05) is 45.9 Å². The van der Waals surface area contributed by atoms with Gasteiger partial charge in [-0.25, -0.2) is 4.68 Å². The standard InChI is InChI=1S/C23H29N5O/c1-18-8-10-20(11-9-18)28-23(27-14-5-6-15-27)21(17-25-28)22(29)24-12-16-26-13-4-3-7-19(26)2/h5-6,8-11,14-15,17,19H,3-4,7,12-13,16H2,1-2H3,(H,24,29). The first kappa shape index (κ1) is 19.5. The van der Waals surface area contributed by atoms with Crippen LogP contribution in [0.4, 0.5) is 0 Å². The summed E-state index contributed by atoms with van der Waals surface area (Å²) in [5, 5.41) is 7.62. The molecule has 3 aromatic rings. The van der Waals surface area contributed by atoms with Crippen LogP contribution >= 0.6 is 0 Å². The van der Waals surface area contributed by atoms with E-state index in [-0.39, 0.29) is 5.91 Å². The molecule has 1 fully saturated rings. The van der Waals surface area contributed by atoms with Crippen molar-refractivity contribution in [1.82, 2.24) is 24.6 Å². The molecule has 152 valence electrons. The molecule has 0 aliphatic carbocycles. The van der Waals surface area contributed by atoms with E-state index >= 15 is 0 Å². The highest BCUT2D eigenvalue weighted by atomic mass is 16.1. The van der Waals surface area contributed by atoms with Crippen molar-refractivity contribution < 1.29 is 4.79 Å². The summed E-state index contributed by atoms with van der Waals surface area (Å²) in [5.74, 6) is 0.666. The molecule has 2 aromatic heterocycles. The first-order chi connectivity index (χ1) is 14.1. The summed E-state index contributed by atoms with van der Waals surface area (Å²) in [5.41, 5.74) is 2.70. The van der Waals surface area contributed by atoms with Crippen LogP contribution in [0.25, 0.3) is 11.5 Å². The zero-order chi connectivity index (χ0) is 20.2.